The second-order valence-corrected chi connectivity index (χ2v) is 14.2. The van der Waals surface area contributed by atoms with Crippen LogP contribution in [0.15, 0.2) is 199 Å². The fraction of sp³-hybridized carbons (Fsp3) is 0.0600. The zero-order valence-corrected chi connectivity index (χ0v) is 31.0. The summed E-state index contributed by atoms with van der Waals surface area (Å²) in [5.41, 5.74) is 11.4. The molecule has 0 aromatic heterocycles. The second kappa shape index (κ2) is 14.2. The van der Waals surface area contributed by atoms with Crippen LogP contribution in [0, 0.1) is 0 Å². The standard InChI is InChI=1S/C50H39N5O/c1-52-34-55(51-50(52)39-21-9-4-10-22-39)41-24-14-26-43(33-41)56-42-25-13-23-40(32-42)53-35-54(49-46-27-12-11-20-38(46)30-31-47(49)53)48-44(36-16-5-2-6-17-36)28-15-29-45(48)37-18-7-3-8-19-37/h2-33H,34-35H2,1H3. The van der Waals surface area contributed by atoms with Gasteiger partial charge in [-0.05, 0) is 46.8 Å². The van der Waals surface area contributed by atoms with Crippen molar-refractivity contribution in [3.8, 4) is 33.8 Å². The highest BCUT2D eigenvalue weighted by atomic mass is 16.5. The van der Waals surface area contributed by atoms with Crippen molar-refractivity contribution >= 4 is 45.0 Å². The monoisotopic (exact) mass is 725 g/mol. The van der Waals surface area contributed by atoms with Crippen molar-refractivity contribution in [1.82, 2.24) is 4.90 Å². The summed E-state index contributed by atoms with van der Waals surface area (Å²) < 4.78 is 6.61. The summed E-state index contributed by atoms with van der Waals surface area (Å²) in [4.78, 5) is 7.08. The maximum absolute atomic E-state index is 6.61. The molecule has 2 aliphatic rings. The van der Waals surface area contributed by atoms with E-state index < -0.39 is 0 Å². The summed E-state index contributed by atoms with van der Waals surface area (Å²) in [6.07, 6.45) is 0. The van der Waals surface area contributed by atoms with Crippen LogP contribution in [0.1, 0.15) is 5.56 Å². The van der Waals surface area contributed by atoms with E-state index in [1.165, 1.54) is 44.4 Å². The summed E-state index contributed by atoms with van der Waals surface area (Å²) in [5, 5.41) is 9.39. The topological polar surface area (TPSA) is 34.6 Å². The van der Waals surface area contributed by atoms with Gasteiger partial charge in [0.1, 0.15) is 24.8 Å². The number of hydrogen-bond acceptors (Lipinski definition) is 6. The molecule has 0 spiro atoms. The molecule has 0 N–H and O–H groups in total. The number of amidine groups is 1. The summed E-state index contributed by atoms with van der Waals surface area (Å²) >= 11 is 0. The molecule has 0 saturated carbocycles. The Labute approximate surface area is 327 Å². The molecule has 0 radical (unpaired) electrons. The van der Waals surface area contributed by atoms with E-state index in [1.807, 2.05) is 41.4 Å². The molecule has 0 unspecified atom stereocenters. The quantitative estimate of drug-likeness (QED) is 0.156. The Morgan fingerprint density at radius 3 is 1.71 bits per heavy atom. The molecule has 0 fully saturated rings. The zero-order chi connectivity index (χ0) is 37.4. The number of hydrazone groups is 1. The predicted molar refractivity (Wildman–Crippen MR) is 231 cm³/mol. The van der Waals surface area contributed by atoms with Crippen LogP contribution < -0.4 is 19.5 Å². The summed E-state index contributed by atoms with van der Waals surface area (Å²) in [6, 6.07) is 68.2. The average Bonchev–Trinajstić information content (AvgIpc) is 3.86. The minimum absolute atomic E-state index is 0.621. The Bertz CT molecular complexity index is 2660. The smallest absolute Gasteiger partial charge is 0.157 e. The Hall–Kier alpha value is -7.31. The fourth-order valence-corrected chi connectivity index (χ4v) is 8.03. The minimum Gasteiger partial charge on any atom is -0.457 e. The third kappa shape index (κ3) is 6.07. The van der Waals surface area contributed by atoms with Crippen LogP contribution in [0.3, 0.4) is 0 Å². The first kappa shape index (κ1) is 33.3. The molecule has 0 aliphatic carbocycles. The summed E-state index contributed by atoms with van der Waals surface area (Å²) in [5.74, 6) is 2.46. The number of nitrogens with zero attached hydrogens (tertiary/aromatic N) is 5. The molecule has 6 nitrogen and oxygen atoms in total. The van der Waals surface area contributed by atoms with Crippen LogP contribution in [0.5, 0.6) is 11.5 Å². The Kier molecular flexibility index (Phi) is 8.41. The van der Waals surface area contributed by atoms with Gasteiger partial charge in [-0.2, -0.15) is 5.10 Å². The first-order chi connectivity index (χ1) is 27.7. The van der Waals surface area contributed by atoms with Crippen molar-refractivity contribution < 1.29 is 4.74 Å². The zero-order valence-electron chi connectivity index (χ0n) is 31.0. The number of fused-ring (bicyclic) bond motifs is 3. The number of benzene rings is 8. The summed E-state index contributed by atoms with van der Waals surface area (Å²) in [6.45, 7) is 1.28. The first-order valence-corrected chi connectivity index (χ1v) is 19.0. The van der Waals surface area contributed by atoms with E-state index in [0.717, 1.165) is 40.0 Å². The predicted octanol–water partition coefficient (Wildman–Crippen LogP) is 12.3. The van der Waals surface area contributed by atoms with Gasteiger partial charge in [0.2, 0.25) is 0 Å². The Balaban J connectivity index is 1.03. The molecule has 2 heterocycles. The normalized spacial score (nSPS) is 13.6. The van der Waals surface area contributed by atoms with Crippen LogP contribution in [-0.2, 0) is 0 Å². The van der Waals surface area contributed by atoms with E-state index in [4.69, 9.17) is 9.84 Å². The SMILES string of the molecule is CN1CN(c2cccc(Oc3cccc(N4CN(c5c(-c6ccccc6)cccc5-c5ccccc5)c5c4ccc4ccccc54)c3)c2)N=C1c1ccccc1. The number of ether oxygens (including phenoxy) is 1. The van der Waals surface area contributed by atoms with E-state index in [1.54, 1.807) is 0 Å². The lowest BCUT2D eigenvalue weighted by molar-refractivity contribution is 0.482. The summed E-state index contributed by atoms with van der Waals surface area (Å²) in [7, 11) is 2.07. The largest absolute Gasteiger partial charge is 0.457 e. The number of anilines is 5. The molecule has 0 bridgehead atoms. The van der Waals surface area contributed by atoms with Crippen LogP contribution >= 0.6 is 0 Å². The second-order valence-electron chi connectivity index (χ2n) is 14.2. The lowest BCUT2D eigenvalue weighted by Gasteiger charge is -2.27. The van der Waals surface area contributed by atoms with Gasteiger partial charge >= 0.3 is 0 Å². The van der Waals surface area contributed by atoms with Crippen molar-refractivity contribution in [3.63, 3.8) is 0 Å². The van der Waals surface area contributed by atoms with E-state index in [9.17, 15) is 0 Å². The van der Waals surface area contributed by atoms with Crippen LogP contribution in [0.25, 0.3) is 33.0 Å². The van der Waals surface area contributed by atoms with Gasteiger partial charge in [-0.1, -0.05) is 152 Å². The Morgan fingerprint density at radius 2 is 1.04 bits per heavy atom. The van der Waals surface area contributed by atoms with Gasteiger partial charge in [-0.25, -0.2) is 5.01 Å². The first-order valence-electron chi connectivity index (χ1n) is 19.0. The van der Waals surface area contributed by atoms with Gasteiger partial charge in [0.15, 0.2) is 5.84 Å². The third-order valence-electron chi connectivity index (χ3n) is 10.6. The maximum Gasteiger partial charge on any atom is 0.157 e. The van der Waals surface area contributed by atoms with Gasteiger partial charge in [0.25, 0.3) is 0 Å². The van der Waals surface area contributed by atoms with Gasteiger partial charge in [-0.15, -0.1) is 0 Å². The van der Waals surface area contributed by atoms with Crippen LogP contribution in [0.2, 0.25) is 0 Å². The van der Waals surface area contributed by atoms with Gasteiger partial charge < -0.3 is 19.4 Å². The average molecular weight is 726 g/mol. The van der Waals surface area contributed by atoms with Gasteiger partial charge in [0.05, 0.1) is 22.7 Å². The van der Waals surface area contributed by atoms with Crippen molar-refractivity contribution in [2.45, 2.75) is 0 Å². The maximum atomic E-state index is 6.61. The fourth-order valence-electron chi connectivity index (χ4n) is 8.03. The highest BCUT2D eigenvalue weighted by Crippen LogP contribution is 2.52. The molecule has 0 atom stereocenters. The van der Waals surface area contributed by atoms with Gasteiger partial charge in [0, 0.05) is 46.9 Å². The molecule has 6 heteroatoms. The lowest BCUT2D eigenvalue weighted by Crippen LogP contribution is -2.27. The molecule has 0 saturated heterocycles. The highest BCUT2D eigenvalue weighted by Gasteiger charge is 2.33. The molecule has 56 heavy (non-hydrogen) atoms. The molecule has 10 rings (SSSR count). The lowest BCUT2D eigenvalue weighted by atomic mass is 9.94. The van der Waals surface area contributed by atoms with Gasteiger partial charge in [-0.3, -0.25) is 0 Å². The third-order valence-corrected chi connectivity index (χ3v) is 10.6. The molecule has 0 amide bonds. The molecular formula is C50H39N5O. The molecule has 8 aromatic rings. The number of rotatable bonds is 8. The molecule has 270 valence electrons. The van der Waals surface area contributed by atoms with E-state index in [0.29, 0.717) is 13.3 Å². The van der Waals surface area contributed by atoms with Crippen LogP contribution in [-0.4, -0.2) is 31.1 Å². The van der Waals surface area contributed by atoms with E-state index in [-0.39, 0.29) is 0 Å². The highest BCUT2D eigenvalue weighted by molar-refractivity contribution is 6.09. The number of hydrogen-bond donors (Lipinski definition) is 0. The van der Waals surface area contributed by atoms with Crippen molar-refractivity contribution in [3.05, 3.63) is 200 Å². The molecular weight excluding hydrogens is 687 g/mol. The Morgan fingerprint density at radius 1 is 0.464 bits per heavy atom. The van der Waals surface area contributed by atoms with Crippen molar-refractivity contribution in [2.24, 2.45) is 5.10 Å². The van der Waals surface area contributed by atoms with Crippen molar-refractivity contribution in [2.75, 3.05) is 35.2 Å². The molecule has 2 aliphatic heterocycles. The number of para-hydroxylation sites is 1. The van der Waals surface area contributed by atoms with Crippen LogP contribution in [0.4, 0.5) is 28.4 Å². The molecule has 8 aromatic carbocycles. The minimum atomic E-state index is 0.621. The van der Waals surface area contributed by atoms with E-state index in [2.05, 4.69) is 179 Å². The van der Waals surface area contributed by atoms with Crippen molar-refractivity contribution in [1.29, 1.82) is 0 Å². The van der Waals surface area contributed by atoms with E-state index >= 15 is 0 Å².